The highest BCUT2D eigenvalue weighted by molar-refractivity contribution is 8.27. The first-order valence-corrected chi connectivity index (χ1v) is 12.7. The van der Waals surface area contributed by atoms with E-state index in [4.69, 9.17) is 14.9 Å². The number of aromatic nitrogens is 1. The Labute approximate surface area is 224 Å². The molecule has 0 atom stereocenters. The molecular formula is C29H25N5O3S. The summed E-state index contributed by atoms with van der Waals surface area (Å²) < 4.78 is 11.9. The van der Waals surface area contributed by atoms with Crippen molar-refractivity contribution >= 4 is 39.8 Å². The van der Waals surface area contributed by atoms with Gasteiger partial charge in [0.25, 0.3) is 5.91 Å². The van der Waals surface area contributed by atoms with Gasteiger partial charge in [0.1, 0.15) is 11.7 Å². The van der Waals surface area contributed by atoms with Crippen LogP contribution in [0.25, 0.3) is 6.08 Å². The van der Waals surface area contributed by atoms with Gasteiger partial charge in [0.05, 0.1) is 12.7 Å². The number of hydrogen-bond donors (Lipinski definition) is 1. The van der Waals surface area contributed by atoms with Gasteiger partial charge in [-0.25, -0.2) is 0 Å². The second-order valence-electron chi connectivity index (χ2n) is 8.59. The summed E-state index contributed by atoms with van der Waals surface area (Å²) in [5.41, 5.74) is 4.67. The number of benzene rings is 2. The average molecular weight is 524 g/mol. The molecule has 3 aromatic rings. The number of aliphatic imine (C=N–C) groups is 1. The summed E-state index contributed by atoms with van der Waals surface area (Å²) in [6.45, 7) is 6.31. The van der Waals surface area contributed by atoms with E-state index in [0.29, 0.717) is 40.3 Å². The fourth-order valence-corrected chi connectivity index (χ4v) is 4.96. The predicted octanol–water partition coefficient (Wildman–Crippen LogP) is 5.37. The number of thioether (sulfide) groups is 1. The number of methoxy groups -OCH3 is 1. The summed E-state index contributed by atoms with van der Waals surface area (Å²) in [5, 5.41) is 15.6. The summed E-state index contributed by atoms with van der Waals surface area (Å²) in [6, 6.07) is 15.4. The SMILES string of the molecule is C=CCc1cc(/C=C2/C(=N)N3N=C(c4cccnc4)SC3=NC2=O)cc(OC)c1OCc1ccccc1C. The number of hydrogen-bond acceptors (Lipinski definition) is 7. The van der Waals surface area contributed by atoms with Gasteiger partial charge in [-0.15, -0.1) is 6.58 Å². The number of aryl methyl sites for hydroxylation is 1. The molecule has 5 rings (SSSR count). The summed E-state index contributed by atoms with van der Waals surface area (Å²) in [5.74, 6) is 0.596. The number of rotatable bonds is 8. The zero-order chi connectivity index (χ0) is 26.6. The fourth-order valence-electron chi connectivity index (χ4n) is 4.08. The maximum absolute atomic E-state index is 12.9. The molecule has 0 fully saturated rings. The zero-order valence-electron chi connectivity index (χ0n) is 21.0. The van der Waals surface area contributed by atoms with Gasteiger partial charge in [-0.1, -0.05) is 30.3 Å². The standard InChI is InChI=1S/C29H25N5O3S/c1-4-8-20-13-19(15-24(36-3)25(20)37-17-22-10-6-5-9-18(22)2)14-23-26(30)34-29(32-27(23)35)38-28(33-34)21-11-7-12-31-16-21/h4-7,9-16,30H,1,8,17H2,2-3H3/b23-14-,30-26?. The quantitative estimate of drug-likeness (QED) is 0.315. The minimum absolute atomic E-state index is 0.0458. The van der Waals surface area contributed by atoms with Crippen molar-refractivity contribution in [1.82, 2.24) is 9.99 Å². The van der Waals surface area contributed by atoms with Crippen molar-refractivity contribution in [3.05, 3.63) is 107 Å². The summed E-state index contributed by atoms with van der Waals surface area (Å²) in [4.78, 5) is 21.3. The van der Waals surface area contributed by atoms with Crippen LogP contribution in [0.2, 0.25) is 0 Å². The number of pyridine rings is 1. The van der Waals surface area contributed by atoms with Gasteiger partial charge in [-0.3, -0.25) is 15.2 Å². The molecule has 0 unspecified atom stereocenters. The maximum Gasteiger partial charge on any atom is 0.283 e. The van der Waals surface area contributed by atoms with Crippen LogP contribution in [0.3, 0.4) is 0 Å². The Kier molecular flexibility index (Phi) is 7.19. The van der Waals surface area contributed by atoms with E-state index in [-0.39, 0.29) is 11.4 Å². The highest BCUT2D eigenvalue weighted by Crippen LogP contribution is 2.36. The summed E-state index contributed by atoms with van der Waals surface area (Å²) in [6.07, 6.45) is 7.31. The minimum Gasteiger partial charge on any atom is -0.493 e. The molecule has 0 saturated carbocycles. The molecule has 0 radical (unpaired) electrons. The lowest BCUT2D eigenvalue weighted by Crippen LogP contribution is -2.35. The molecule has 0 bridgehead atoms. The van der Waals surface area contributed by atoms with Crippen LogP contribution in [-0.2, 0) is 17.8 Å². The van der Waals surface area contributed by atoms with Gasteiger partial charge in [-0.2, -0.15) is 15.1 Å². The van der Waals surface area contributed by atoms with Gasteiger partial charge >= 0.3 is 0 Å². The van der Waals surface area contributed by atoms with E-state index < -0.39 is 5.91 Å². The highest BCUT2D eigenvalue weighted by Gasteiger charge is 2.36. The smallest absolute Gasteiger partial charge is 0.283 e. The van der Waals surface area contributed by atoms with Crippen molar-refractivity contribution in [1.29, 1.82) is 5.41 Å². The fraction of sp³-hybridized carbons (Fsp3) is 0.138. The predicted molar refractivity (Wildman–Crippen MR) is 151 cm³/mol. The summed E-state index contributed by atoms with van der Waals surface area (Å²) in [7, 11) is 1.57. The van der Waals surface area contributed by atoms with Crippen LogP contribution in [0.5, 0.6) is 11.5 Å². The summed E-state index contributed by atoms with van der Waals surface area (Å²) >= 11 is 1.23. The van der Waals surface area contributed by atoms with Gasteiger partial charge in [0.2, 0.25) is 5.17 Å². The molecule has 1 N–H and O–H groups in total. The van der Waals surface area contributed by atoms with Crippen LogP contribution in [-0.4, -0.2) is 39.1 Å². The van der Waals surface area contributed by atoms with E-state index in [0.717, 1.165) is 22.3 Å². The number of nitrogens with one attached hydrogen (secondary N) is 1. The van der Waals surface area contributed by atoms with Gasteiger partial charge in [0.15, 0.2) is 17.3 Å². The molecule has 9 heteroatoms. The number of allylic oxidation sites excluding steroid dienone is 1. The molecular weight excluding hydrogens is 498 g/mol. The largest absolute Gasteiger partial charge is 0.493 e. The number of nitrogens with zero attached hydrogens (tertiary/aromatic N) is 4. The second kappa shape index (κ2) is 10.9. The van der Waals surface area contributed by atoms with E-state index in [1.54, 1.807) is 37.7 Å². The molecule has 8 nitrogen and oxygen atoms in total. The Balaban J connectivity index is 1.46. The van der Waals surface area contributed by atoms with Crippen LogP contribution in [0, 0.1) is 12.3 Å². The molecule has 1 aromatic heterocycles. The third-order valence-corrected chi connectivity index (χ3v) is 7.00. The maximum atomic E-state index is 12.9. The van der Waals surface area contributed by atoms with Crippen molar-refractivity contribution in [3.63, 3.8) is 0 Å². The van der Waals surface area contributed by atoms with Crippen LogP contribution in [0.15, 0.2) is 89.2 Å². The minimum atomic E-state index is -0.500. The molecule has 0 spiro atoms. The number of amides is 1. The third kappa shape index (κ3) is 5.01. The molecule has 38 heavy (non-hydrogen) atoms. The van der Waals surface area contributed by atoms with Gasteiger partial charge < -0.3 is 9.47 Å². The first kappa shape index (κ1) is 25.2. The van der Waals surface area contributed by atoms with Crippen LogP contribution in [0.1, 0.15) is 27.8 Å². The molecule has 2 aliphatic rings. The Hall–Kier alpha value is -4.50. The van der Waals surface area contributed by atoms with Gasteiger partial charge in [0, 0.05) is 23.5 Å². The molecule has 0 saturated heterocycles. The van der Waals surface area contributed by atoms with Gasteiger partial charge in [-0.05, 0) is 72.1 Å². The monoisotopic (exact) mass is 523 g/mol. The van der Waals surface area contributed by atoms with Crippen LogP contribution >= 0.6 is 11.8 Å². The zero-order valence-corrected chi connectivity index (χ0v) is 21.8. The second-order valence-corrected chi connectivity index (χ2v) is 9.54. The van der Waals surface area contributed by atoms with Crippen molar-refractivity contribution in [2.24, 2.45) is 10.1 Å². The highest BCUT2D eigenvalue weighted by atomic mass is 32.2. The molecule has 2 aliphatic heterocycles. The van der Waals surface area contributed by atoms with E-state index in [2.05, 4.69) is 21.7 Å². The first-order valence-electron chi connectivity index (χ1n) is 11.9. The third-order valence-electron chi connectivity index (χ3n) is 6.05. The molecule has 1 amide bonds. The lowest BCUT2D eigenvalue weighted by molar-refractivity contribution is -0.114. The normalized spacial score (nSPS) is 15.7. The van der Waals surface area contributed by atoms with E-state index in [1.165, 1.54) is 16.8 Å². The lowest BCUT2D eigenvalue weighted by atomic mass is 10.0. The van der Waals surface area contributed by atoms with E-state index in [1.807, 2.05) is 49.4 Å². The Bertz CT molecular complexity index is 1530. The van der Waals surface area contributed by atoms with Crippen molar-refractivity contribution in [3.8, 4) is 11.5 Å². The number of amidine groups is 2. The van der Waals surface area contributed by atoms with Crippen LogP contribution < -0.4 is 9.47 Å². The van der Waals surface area contributed by atoms with Crippen LogP contribution in [0.4, 0.5) is 0 Å². The number of ether oxygens (including phenoxy) is 2. The lowest BCUT2D eigenvalue weighted by Gasteiger charge is -2.20. The Morgan fingerprint density at radius 2 is 2.00 bits per heavy atom. The Morgan fingerprint density at radius 1 is 1.16 bits per heavy atom. The number of hydrazone groups is 1. The Morgan fingerprint density at radius 3 is 2.74 bits per heavy atom. The molecule has 2 aromatic carbocycles. The van der Waals surface area contributed by atoms with E-state index >= 15 is 0 Å². The van der Waals surface area contributed by atoms with Crippen molar-refractivity contribution < 1.29 is 14.3 Å². The molecule has 0 aliphatic carbocycles. The number of carbonyl (C=O) groups excluding carboxylic acids is 1. The average Bonchev–Trinajstić information content (AvgIpc) is 3.36. The van der Waals surface area contributed by atoms with Crippen molar-refractivity contribution in [2.75, 3.05) is 7.11 Å². The first-order chi connectivity index (χ1) is 18.5. The van der Waals surface area contributed by atoms with E-state index in [9.17, 15) is 4.79 Å². The number of carbonyl (C=O) groups is 1. The number of fused-ring (bicyclic) bond motifs is 1. The molecule has 190 valence electrons. The topological polar surface area (TPSA) is 100 Å². The molecule has 3 heterocycles. The van der Waals surface area contributed by atoms with Crippen molar-refractivity contribution in [2.45, 2.75) is 20.0 Å².